The van der Waals surface area contributed by atoms with Gasteiger partial charge in [0.15, 0.2) is 0 Å². The number of hydrogen-bond acceptors (Lipinski definition) is 2. The fraction of sp³-hybridized carbons (Fsp3) is 0.588. The van der Waals surface area contributed by atoms with Gasteiger partial charge in [0, 0.05) is 18.2 Å². The van der Waals surface area contributed by atoms with E-state index in [1.54, 1.807) is 0 Å². The molecule has 2 N–H and O–H groups in total. The summed E-state index contributed by atoms with van der Waals surface area (Å²) in [7, 11) is 0. The Bertz CT molecular complexity index is 452. The van der Waals surface area contributed by atoms with Crippen LogP contribution in [0.25, 0.3) is 0 Å². The summed E-state index contributed by atoms with van der Waals surface area (Å²) in [5.74, 6) is 0.819. The minimum absolute atomic E-state index is 0.187. The highest BCUT2D eigenvalue weighted by molar-refractivity contribution is 5.94. The normalized spacial score (nSPS) is 14.6. The monoisotopic (exact) mass is 274 g/mol. The smallest absolute Gasteiger partial charge is 0.254 e. The van der Waals surface area contributed by atoms with Gasteiger partial charge in [-0.3, -0.25) is 4.79 Å². The molecule has 0 heterocycles. The lowest BCUT2D eigenvalue weighted by Gasteiger charge is -2.23. The highest BCUT2D eigenvalue weighted by Crippen LogP contribution is 2.29. The molecule has 0 aromatic heterocycles. The number of benzene rings is 1. The maximum Gasteiger partial charge on any atom is 0.254 e. The van der Waals surface area contributed by atoms with Crippen molar-refractivity contribution in [3.8, 4) is 0 Å². The average Bonchev–Trinajstić information content (AvgIpc) is 3.24. The van der Waals surface area contributed by atoms with E-state index in [1.807, 2.05) is 24.3 Å². The highest BCUT2D eigenvalue weighted by Gasteiger charge is 2.32. The van der Waals surface area contributed by atoms with E-state index in [4.69, 9.17) is 5.73 Å². The summed E-state index contributed by atoms with van der Waals surface area (Å²) in [6, 6.07) is 8.40. The molecule has 3 heteroatoms. The molecule has 0 aliphatic heterocycles. The van der Waals surface area contributed by atoms with Crippen molar-refractivity contribution in [1.29, 1.82) is 0 Å². The number of nitrogens with zero attached hydrogens (tertiary/aromatic N) is 1. The fourth-order valence-corrected chi connectivity index (χ4v) is 2.43. The molecule has 0 saturated heterocycles. The molecule has 1 amide bonds. The third-order valence-electron chi connectivity index (χ3n) is 3.80. The van der Waals surface area contributed by atoms with E-state index in [2.05, 4.69) is 18.7 Å². The van der Waals surface area contributed by atoms with Gasteiger partial charge in [0.1, 0.15) is 0 Å². The number of nitrogens with two attached hydrogens (primary N) is 1. The average molecular weight is 274 g/mol. The molecule has 0 spiro atoms. The lowest BCUT2D eigenvalue weighted by molar-refractivity contribution is 0.0735. The Morgan fingerprint density at radius 3 is 2.75 bits per heavy atom. The molecule has 3 nitrogen and oxygen atoms in total. The summed E-state index contributed by atoms with van der Waals surface area (Å²) in [4.78, 5) is 14.8. The molecule has 0 atom stereocenters. The summed E-state index contributed by atoms with van der Waals surface area (Å²) in [6.07, 6.45) is 4.22. The van der Waals surface area contributed by atoms with Crippen molar-refractivity contribution in [3.63, 3.8) is 0 Å². The van der Waals surface area contributed by atoms with Gasteiger partial charge < -0.3 is 10.6 Å². The molecule has 1 aromatic carbocycles. The first-order valence-corrected chi connectivity index (χ1v) is 7.71. The Hall–Kier alpha value is -1.35. The lowest BCUT2D eigenvalue weighted by Crippen LogP contribution is -2.34. The van der Waals surface area contributed by atoms with Crippen LogP contribution >= 0.6 is 0 Å². The largest absolute Gasteiger partial charge is 0.336 e. The van der Waals surface area contributed by atoms with E-state index in [1.165, 1.54) is 0 Å². The maximum absolute atomic E-state index is 12.7. The van der Waals surface area contributed by atoms with Crippen molar-refractivity contribution in [3.05, 3.63) is 35.4 Å². The quantitative estimate of drug-likeness (QED) is 0.831. The van der Waals surface area contributed by atoms with Crippen molar-refractivity contribution in [2.24, 2.45) is 11.7 Å². The highest BCUT2D eigenvalue weighted by atomic mass is 16.2. The number of carbonyl (C=O) groups is 1. The number of carbonyl (C=O) groups excluding carboxylic acids is 1. The standard InChI is InChI=1S/C17H26N2O/c1-13(2)9-11-19(16-6-7-16)17(20)15-5-3-4-14(12-15)8-10-18/h3-5,12-13,16H,6-11,18H2,1-2H3. The molecule has 110 valence electrons. The number of rotatable bonds is 7. The van der Waals surface area contributed by atoms with Gasteiger partial charge in [-0.1, -0.05) is 26.0 Å². The van der Waals surface area contributed by atoms with Crippen LogP contribution in [0.1, 0.15) is 49.0 Å². The second kappa shape index (κ2) is 6.89. The minimum atomic E-state index is 0.187. The molecule has 1 saturated carbocycles. The molecule has 0 unspecified atom stereocenters. The van der Waals surface area contributed by atoms with Gasteiger partial charge in [-0.15, -0.1) is 0 Å². The summed E-state index contributed by atoms with van der Waals surface area (Å²) in [6.45, 7) is 5.91. The van der Waals surface area contributed by atoms with Crippen LogP contribution in [-0.4, -0.2) is 29.9 Å². The molecule has 2 rings (SSSR count). The number of hydrogen-bond donors (Lipinski definition) is 1. The Labute approximate surface area is 122 Å². The van der Waals surface area contributed by atoms with Crippen LogP contribution in [0.2, 0.25) is 0 Å². The topological polar surface area (TPSA) is 46.3 Å². The summed E-state index contributed by atoms with van der Waals surface area (Å²) in [5.41, 5.74) is 7.55. The number of amides is 1. The van der Waals surface area contributed by atoms with E-state index in [-0.39, 0.29) is 5.91 Å². The van der Waals surface area contributed by atoms with Crippen molar-refractivity contribution < 1.29 is 4.79 Å². The molecule has 0 radical (unpaired) electrons. The first kappa shape index (κ1) is 15.0. The Balaban J connectivity index is 2.08. The van der Waals surface area contributed by atoms with E-state index in [9.17, 15) is 4.79 Å². The van der Waals surface area contributed by atoms with Crippen molar-refractivity contribution in [2.45, 2.75) is 45.6 Å². The predicted molar refractivity (Wildman–Crippen MR) is 82.7 cm³/mol. The summed E-state index contributed by atoms with van der Waals surface area (Å²) >= 11 is 0. The maximum atomic E-state index is 12.7. The second-order valence-corrected chi connectivity index (χ2v) is 6.15. The molecule has 1 fully saturated rings. The molecule has 1 aliphatic carbocycles. The van der Waals surface area contributed by atoms with Gasteiger partial charge in [-0.25, -0.2) is 0 Å². The first-order valence-electron chi connectivity index (χ1n) is 7.71. The van der Waals surface area contributed by atoms with Crippen LogP contribution in [0.4, 0.5) is 0 Å². The van der Waals surface area contributed by atoms with Gasteiger partial charge in [0.05, 0.1) is 0 Å². The molecule has 1 aliphatic rings. The Kier molecular flexibility index (Phi) is 5.18. The van der Waals surface area contributed by atoms with Crippen LogP contribution in [0.5, 0.6) is 0 Å². The van der Waals surface area contributed by atoms with Gasteiger partial charge in [-0.2, -0.15) is 0 Å². The summed E-state index contributed by atoms with van der Waals surface area (Å²) < 4.78 is 0. The van der Waals surface area contributed by atoms with Crippen LogP contribution < -0.4 is 5.73 Å². The van der Waals surface area contributed by atoms with E-state index in [0.29, 0.717) is 18.5 Å². The molecule has 20 heavy (non-hydrogen) atoms. The zero-order valence-corrected chi connectivity index (χ0v) is 12.6. The van der Waals surface area contributed by atoms with Gasteiger partial charge in [-0.05, 0) is 55.8 Å². The van der Waals surface area contributed by atoms with Crippen molar-refractivity contribution in [1.82, 2.24) is 4.90 Å². The van der Waals surface area contributed by atoms with Gasteiger partial charge >= 0.3 is 0 Å². The third kappa shape index (κ3) is 4.07. The zero-order chi connectivity index (χ0) is 14.5. The third-order valence-corrected chi connectivity index (χ3v) is 3.80. The molecule has 1 aromatic rings. The molecular weight excluding hydrogens is 248 g/mol. The van der Waals surface area contributed by atoms with Crippen LogP contribution in [0.15, 0.2) is 24.3 Å². The lowest BCUT2D eigenvalue weighted by atomic mass is 10.1. The Morgan fingerprint density at radius 1 is 1.40 bits per heavy atom. The van der Waals surface area contributed by atoms with Crippen molar-refractivity contribution >= 4 is 5.91 Å². The summed E-state index contributed by atoms with van der Waals surface area (Å²) in [5, 5.41) is 0. The first-order chi connectivity index (χ1) is 9.61. The van der Waals surface area contributed by atoms with E-state index < -0.39 is 0 Å². The van der Waals surface area contributed by atoms with E-state index in [0.717, 1.165) is 43.4 Å². The minimum Gasteiger partial charge on any atom is -0.336 e. The predicted octanol–water partition coefficient (Wildman–Crippen LogP) is 2.84. The van der Waals surface area contributed by atoms with Crippen LogP contribution in [0, 0.1) is 5.92 Å². The zero-order valence-electron chi connectivity index (χ0n) is 12.6. The second-order valence-electron chi connectivity index (χ2n) is 6.15. The SMILES string of the molecule is CC(C)CCN(C(=O)c1cccc(CCN)c1)C1CC1. The Morgan fingerprint density at radius 2 is 2.15 bits per heavy atom. The fourth-order valence-electron chi connectivity index (χ4n) is 2.43. The van der Waals surface area contributed by atoms with Crippen LogP contribution in [-0.2, 0) is 6.42 Å². The van der Waals surface area contributed by atoms with E-state index >= 15 is 0 Å². The molecule has 0 bridgehead atoms. The van der Waals surface area contributed by atoms with Gasteiger partial charge in [0.25, 0.3) is 5.91 Å². The van der Waals surface area contributed by atoms with Crippen molar-refractivity contribution in [2.75, 3.05) is 13.1 Å². The molecular formula is C17H26N2O. The van der Waals surface area contributed by atoms with Gasteiger partial charge in [0.2, 0.25) is 0 Å². The van der Waals surface area contributed by atoms with Crippen LogP contribution in [0.3, 0.4) is 0 Å².